The molecule has 12 unspecified atom stereocenters. The fourth-order valence-electron chi connectivity index (χ4n) is 5.27. The van der Waals surface area contributed by atoms with E-state index in [1.807, 2.05) is 6.92 Å². The van der Waals surface area contributed by atoms with Crippen LogP contribution in [0.5, 0.6) is 0 Å². The molecule has 0 aromatic carbocycles. The Morgan fingerprint density at radius 2 is 0.768 bits per heavy atom. The number of esters is 6. The topological polar surface area (TPSA) is 217 Å². The SMILES string of the molecule is CC(=O)OC1C(O)=C(O)C(OC(C)=O)C(Br)C1Br.CC(=O)OC1C=CC(OC(C)=O)C(Br)C1Br.CC(=O)OC1C=CC(OC(C)=O)C2OC(C)(C)OC12.CCBr. The van der Waals surface area contributed by atoms with Crippen molar-refractivity contribution in [1.29, 1.82) is 0 Å². The minimum absolute atomic E-state index is 0.134. The van der Waals surface area contributed by atoms with Crippen molar-refractivity contribution in [3.63, 3.8) is 0 Å². The molecule has 0 bridgehead atoms. The van der Waals surface area contributed by atoms with E-state index in [9.17, 15) is 39.0 Å². The van der Waals surface area contributed by atoms with Crippen molar-refractivity contribution in [2.75, 3.05) is 5.33 Å². The third kappa shape index (κ3) is 16.7. The van der Waals surface area contributed by atoms with Crippen LogP contribution in [0.25, 0.3) is 0 Å². The lowest BCUT2D eigenvalue weighted by Gasteiger charge is -2.35. The highest BCUT2D eigenvalue weighted by atomic mass is 79.9. The molecule has 0 saturated carbocycles. The molecular weight excluding hydrogens is 1080 g/mol. The first-order chi connectivity index (χ1) is 25.9. The summed E-state index contributed by atoms with van der Waals surface area (Å²) in [6.45, 7) is 13.3. The molecule has 4 aliphatic rings. The van der Waals surface area contributed by atoms with Crippen molar-refractivity contribution in [1.82, 2.24) is 0 Å². The predicted molar refractivity (Wildman–Crippen MR) is 218 cm³/mol. The molecule has 12 atom stereocenters. The Kier molecular flexibility index (Phi) is 22.4. The number of aliphatic hydroxyl groups excluding tert-OH is 2. The zero-order chi connectivity index (χ0) is 43.2. The highest BCUT2D eigenvalue weighted by Crippen LogP contribution is 2.38. The Balaban J connectivity index is 0.000000407. The van der Waals surface area contributed by atoms with Gasteiger partial charge < -0.3 is 48.1 Å². The fourth-order valence-corrected chi connectivity index (χ4v) is 7.71. The van der Waals surface area contributed by atoms with Crippen LogP contribution in [0.1, 0.15) is 62.3 Å². The Morgan fingerprint density at radius 1 is 0.536 bits per heavy atom. The van der Waals surface area contributed by atoms with Gasteiger partial charge >= 0.3 is 35.8 Å². The van der Waals surface area contributed by atoms with E-state index >= 15 is 0 Å². The highest BCUT2D eigenvalue weighted by molar-refractivity contribution is 9.12. The second-order valence-electron chi connectivity index (χ2n) is 12.5. The second-order valence-corrected chi connectivity index (χ2v) is 17.9. The predicted octanol–water partition coefficient (Wildman–Crippen LogP) is 6.01. The number of carbonyl (C=O) groups excluding carboxylic acids is 6. The summed E-state index contributed by atoms with van der Waals surface area (Å²) >= 11 is 16.4. The van der Waals surface area contributed by atoms with Crippen LogP contribution in [0.15, 0.2) is 35.8 Å². The number of alkyl halides is 5. The first-order valence-corrected chi connectivity index (χ1v) is 21.6. The number of halogens is 5. The third-order valence-electron chi connectivity index (χ3n) is 7.20. The highest BCUT2D eigenvalue weighted by Gasteiger charge is 2.52. The first-order valence-electron chi connectivity index (χ1n) is 16.9. The molecule has 4 rings (SSSR count). The van der Waals surface area contributed by atoms with Crippen molar-refractivity contribution in [2.24, 2.45) is 0 Å². The maximum absolute atomic E-state index is 11.1. The number of rotatable bonds is 6. The van der Waals surface area contributed by atoms with Crippen LogP contribution in [0.4, 0.5) is 0 Å². The number of fused-ring (bicyclic) bond motifs is 1. The van der Waals surface area contributed by atoms with Crippen LogP contribution < -0.4 is 0 Å². The Morgan fingerprint density at radius 3 is 1.02 bits per heavy atom. The zero-order valence-electron chi connectivity index (χ0n) is 31.9. The summed E-state index contributed by atoms with van der Waals surface area (Å²) in [6.07, 6.45) is 1.95. The fraction of sp³-hybridized carbons (Fsp3) is 0.657. The van der Waals surface area contributed by atoms with Gasteiger partial charge in [0.05, 0.1) is 19.3 Å². The van der Waals surface area contributed by atoms with Crippen LogP contribution in [0, 0.1) is 0 Å². The molecule has 1 aliphatic heterocycles. The van der Waals surface area contributed by atoms with Crippen molar-refractivity contribution in [3.05, 3.63) is 35.8 Å². The van der Waals surface area contributed by atoms with E-state index in [1.165, 1.54) is 41.5 Å². The van der Waals surface area contributed by atoms with Crippen LogP contribution in [-0.4, -0.2) is 125 Å². The standard InChI is InChI=1S/C13H18O6.C10H12Br2O6.C10H12Br2O4.C2H5Br/c1-7(14)16-9-5-6-10(17-8(2)15)12-11(9)18-13(3,4)19-12;1-3(13)17-9-5(11)6(12)10(18-4(2)14)8(16)7(9)15;1-5(13)15-7-3-4-8(16-6(2)14)10(12)9(7)11;1-2-3/h5-6,9-12H,1-4H3;5-6,9-10,15-16H,1-2H3;3-4,7-10H,1-2H3;2H2,1H3. The summed E-state index contributed by atoms with van der Waals surface area (Å²) in [5.41, 5.74) is 0. The average molecular weight is 1120 g/mol. The van der Waals surface area contributed by atoms with Crippen molar-refractivity contribution >= 4 is 115 Å². The maximum Gasteiger partial charge on any atom is 0.303 e. The summed E-state index contributed by atoms with van der Waals surface area (Å²) in [4.78, 5) is 64.3. The van der Waals surface area contributed by atoms with E-state index in [4.69, 9.17) is 37.9 Å². The molecule has 0 radical (unpaired) electrons. The zero-order valence-corrected chi connectivity index (χ0v) is 39.9. The van der Waals surface area contributed by atoms with Crippen molar-refractivity contribution in [2.45, 2.75) is 136 Å². The van der Waals surface area contributed by atoms with E-state index in [0.717, 1.165) is 5.33 Å². The molecule has 56 heavy (non-hydrogen) atoms. The molecule has 16 nitrogen and oxygen atoms in total. The molecule has 2 N–H and O–H groups in total. The van der Waals surface area contributed by atoms with Gasteiger partial charge in [0.1, 0.15) is 36.6 Å². The number of aliphatic hydroxyl groups is 2. The third-order valence-corrected chi connectivity index (χ3v) is 12.9. The van der Waals surface area contributed by atoms with E-state index in [2.05, 4.69) is 79.6 Å². The van der Waals surface area contributed by atoms with Crippen molar-refractivity contribution in [3.8, 4) is 0 Å². The normalized spacial score (nSPS) is 32.2. The minimum Gasteiger partial charge on any atom is -0.505 e. The average Bonchev–Trinajstić information content (AvgIpc) is 3.41. The molecule has 3 aliphatic carbocycles. The number of ether oxygens (including phenoxy) is 8. The van der Waals surface area contributed by atoms with E-state index in [1.54, 1.807) is 38.2 Å². The van der Waals surface area contributed by atoms with Crippen LogP contribution in [0.2, 0.25) is 0 Å². The minimum atomic E-state index is -1.04. The molecule has 0 amide bonds. The molecule has 0 spiro atoms. The van der Waals surface area contributed by atoms with E-state index in [0.29, 0.717) is 0 Å². The van der Waals surface area contributed by atoms with Gasteiger partial charge in [0.2, 0.25) is 0 Å². The smallest absolute Gasteiger partial charge is 0.303 e. The molecule has 318 valence electrons. The molecule has 0 aromatic rings. The van der Waals surface area contributed by atoms with Crippen LogP contribution in [-0.2, 0) is 66.7 Å². The maximum atomic E-state index is 11.1. The molecule has 1 saturated heterocycles. The Labute approximate surface area is 367 Å². The van der Waals surface area contributed by atoms with Gasteiger partial charge in [-0.05, 0) is 38.2 Å². The van der Waals surface area contributed by atoms with Gasteiger partial charge in [0, 0.05) is 46.9 Å². The van der Waals surface area contributed by atoms with Gasteiger partial charge in [-0.15, -0.1) is 0 Å². The Hall–Kier alpha value is -2.04. The van der Waals surface area contributed by atoms with E-state index in [-0.39, 0.29) is 33.8 Å². The van der Waals surface area contributed by atoms with Gasteiger partial charge in [0.25, 0.3) is 0 Å². The Bertz CT molecular complexity index is 1380. The second kappa shape index (κ2) is 24.1. The van der Waals surface area contributed by atoms with Crippen molar-refractivity contribution < 1.29 is 76.9 Å². The lowest BCUT2D eigenvalue weighted by Crippen LogP contribution is -2.48. The molecule has 0 aromatic heterocycles. The van der Waals surface area contributed by atoms with Crippen LogP contribution >= 0.6 is 79.6 Å². The summed E-state index contributed by atoms with van der Waals surface area (Å²) in [5.74, 6) is -4.56. The lowest BCUT2D eigenvalue weighted by molar-refractivity contribution is -0.167. The first kappa shape index (κ1) is 52.0. The largest absolute Gasteiger partial charge is 0.505 e. The van der Waals surface area contributed by atoms with Gasteiger partial charge in [-0.3, -0.25) is 28.8 Å². The van der Waals surface area contributed by atoms with E-state index < -0.39 is 87.5 Å². The summed E-state index contributed by atoms with van der Waals surface area (Å²) in [7, 11) is 0. The monoisotopic (exact) mass is 1120 g/mol. The van der Waals surface area contributed by atoms with Gasteiger partial charge in [-0.2, -0.15) is 0 Å². The van der Waals surface area contributed by atoms with Crippen LogP contribution in [0.3, 0.4) is 0 Å². The number of hydrogen-bond donors (Lipinski definition) is 2. The summed E-state index contributed by atoms with van der Waals surface area (Å²) < 4.78 is 41.8. The quantitative estimate of drug-likeness (QED) is 0.135. The molecular formula is C35H47Br5O16. The van der Waals surface area contributed by atoms with Gasteiger partial charge in [0.15, 0.2) is 29.5 Å². The summed E-state index contributed by atoms with van der Waals surface area (Å²) in [6, 6.07) is 0. The lowest BCUT2D eigenvalue weighted by atomic mass is 9.96. The number of hydrogen-bond acceptors (Lipinski definition) is 16. The molecule has 1 fully saturated rings. The number of carbonyl (C=O) groups is 6. The van der Waals surface area contributed by atoms with Gasteiger partial charge in [-0.25, -0.2) is 0 Å². The summed E-state index contributed by atoms with van der Waals surface area (Å²) in [5, 5.41) is 20.6. The molecule has 1 heterocycles. The van der Waals surface area contributed by atoms with Gasteiger partial charge in [-0.1, -0.05) is 86.6 Å². The molecule has 21 heteroatoms.